The summed E-state index contributed by atoms with van der Waals surface area (Å²) >= 11 is 1.77. The Kier molecular flexibility index (Phi) is 2.45. The molecular formula is C13H16N2S. The summed E-state index contributed by atoms with van der Waals surface area (Å²) in [6, 6.07) is 8.30. The first-order valence-electron chi connectivity index (χ1n) is 5.93. The fraction of sp³-hybridized carbons (Fsp3) is 0.462. The van der Waals surface area contributed by atoms with Gasteiger partial charge in [0.25, 0.3) is 0 Å². The maximum atomic E-state index is 6.49. The Morgan fingerprint density at radius 1 is 1.12 bits per heavy atom. The molecule has 1 aliphatic rings. The summed E-state index contributed by atoms with van der Waals surface area (Å²) in [5.74, 6) is 0. The molecular weight excluding hydrogens is 216 g/mol. The van der Waals surface area contributed by atoms with Gasteiger partial charge in [0, 0.05) is 0 Å². The zero-order chi connectivity index (χ0) is 11.0. The molecule has 1 fully saturated rings. The number of nitrogens with zero attached hydrogens (tertiary/aromatic N) is 1. The Morgan fingerprint density at radius 2 is 1.88 bits per heavy atom. The van der Waals surface area contributed by atoms with Gasteiger partial charge in [0.1, 0.15) is 5.01 Å². The molecule has 16 heavy (non-hydrogen) atoms. The summed E-state index contributed by atoms with van der Waals surface area (Å²) in [6.07, 6.45) is 5.99. The normalized spacial score (nSPS) is 20.1. The molecule has 1 aromatic carbocycles. The lowest BCUT2D eigenvalue weighted by atomic mass is 9.83. The van der Waals surface area contributed by atoms with Crippen molar-refractivity contribution in [2.75, 3.05) is 0 Å². The van der Waals surface area contributed by atoms with Gasteiger partial charge < -0.3 is 5.73 Å². The zero-order valence-corrected chi connectivity index (χ0v) is 10.1. The van der Waals surface area contributed by atoms with E-state index in [4.69, 9.17) is 10.7 Å². The second-order valence-corrected chi connectivity index (χ2v) is 5.73. The Hall–Kier alpha value is -0.930. The summed E-state index contributed by atoms with van der Waals surface area (Å²) in [6.45, 7) is 0. The standard InChI is InChI=1S/C13H16N2S/c14-13(8-4-1-5-9-13)12-15-10-6-2-3-7-11(10)16-12/h2-3,6-7H,1,4-5,8-9,14H2. The Balaban J connectivity index is 2.04. The number of hydrogen-bond donors (Lipinski definition) is 1. The van der Waals surface area contributed by atoms with E-state index in [-0.39, 0.29) is 5.54 Å². The van der Waals surface area contributed by atoms with Crippen molar-refractivity contribution in [2.45, 2.75) is 37.6 Å². The van der Waals surface area contributed by atoms with Crippen LogP contribution in [0.3, 0.4) is 0 Å². The maximum Gasteiger partial charge on any atom is 0.114 e. The quantitative estimate of drug-likeness (QED) is 0.818. The van der Waals surface area contributed by atoms with E-state index in [2.05, 4.69) is 18.2 Å². The number of rotatable bonds is 1. The summed E-state index contributed by atoms with van der Waals surface area (Å²) in [5.41, 5.74) is 7.44. The maximum absolute atomic E-state index is 6.49. The molecule has 3 rings (SSSR count). The smallest absolute Gasteiger partial charge is 0.114 e. The van der Waals surface area contributed by atoms with Gasteiger partial charge in [-0.2, -0.15) is 0 Å². The number of aromatic nitrogens is 1. The molecule has 84 valence electrons. The molecule has 1 saturated carbocycles. The third kappa shape index (κ3) is 1.64. The van der Waals surface area contributed by atoms with Crippen LogP contribution < -0.4 is 5.73 Å². The minimum atomic E-state index is -0.151. The van der Waals surface area contributed by atoms with Crippen molar-refractivity contribution in [1.29, 1.82) is 0 Å². The first-order valence-corrected chi connectivity index (χ1v) is 6.75. The predicted octanol–water partition coefficient (Wildman–Crippen LogP) is 3.41. The van der Waals surface area contributed by atoms with Crippen molar-refractivity contribution in [2.24, 2.45) is 5.73 Å². The van der Waals surface area contributed by atoms with Crippen molar-refractivity contribution < 1.29 is 0 Å². The summed E-state index contributed by atoms with van der Waals surface area (Å²) in [4.78, 5) is 4.70. The van der Waals surface area contributed by atoms with Crippen LogP contribution in [-0.4, -0.2) is 4.98 Å². The topological polar surface area (TPSA) is 38.9 Å². The van der Waals surface area contributed by atoms with Gasteiger partial charge in [-0.3, -0.25) is 0 Å². The van der Waals surface area contributed by atoms with Gasteiger partial charge in [-0.25, -0.2) is 4.98 Å². The Bertz CT molecular complexity index is 464. The number of hydrogen-bond acceptors (Lipinski definition) is 3. The van der Waals surface area contributed by atoms with E-state index in [1.807, 2.05) is 6.07 Å². The van der Waals surface area contributed by atoms with E-state index in [9.17, 15) is 0 Å². The SMILES string of the molecule is NC1(c2nc3ccccc3s2)CCCCC1. The largest absolute Gasteiger partial charge is 0.319 e. The van der Waals surface area contributed by atoms with Crippen LogP contribution >= 0.6 is 11.3 Å². The molecule has 3 heteroatoms. The number of fused-ring (bicyclic) bond motifs is 1. The van der Waals surface area contributed by atoms with Gasteiger partial charge >= 0.3 is 0 Å². The molecule has 0 unspecified atom stereocenters. The van der Waals surface area contributed by atoms with Gasteiger partial charge in [-0.05, 0) is 25.0 Å². The fourth-order valence-electron chi connectivity index (χ4n) is 2.48. The van der Waals surface area contributed by atoms with Gasteiger partial charge in [-0.15, -0.1) is 11.3 Å². The fourth-order valence-corrected chi connectivity index (χ4v) is 3.61. The molecule has 0 saturated heterocycles. The van der Waals surface area contributed by atoms with E-state index in [1.54, 1.807) is 11.3 Å². The third-order valence-electron chi connectivity index (χ3n) is 3.47. The molecule has 0 bridgehead atoms. The van der Waals surface area contributed by atoms with Crippen molar-refractivity contribution in [3.63, 3.8) is 0 Å². The molecule has 0 amide bonds. The number of nitrogens with two attached hydrogens (primary N) is 1. The van der Waals surface area contributed by atoms with Crippen LogP contribution in [0.15, 0.2) is 24.3 Å². The highest BCUT2D eigenvalue weighted by Gasteiger charge is 2.32. The highest BCUT2D eigenvalue weighted by molar-refractivity contribution is 7.18. The van der Waals surface area contributed by atoms with Crippen LogP contribution in [0.5, 0.6) is 0 Å². The van der Waals surface area contributed by atoms with Crippen LogP contribution in [-0.2, 0) is 5.54 Å². The van der Waals surface area contributed by atoms with Crippen molar-refractivity contribution in [1.82, 2.24) is 4.98 Å². The monoisotopic (exact) mass is 232 g/mol. The molecule has 1 aliphatic carbocycles. The van der Waals surface area contributed by atoms with Gasteiger partial charge in [0.15, 0.2) is 0 Å². The highest BCUT2D eigenvalue weighted by atomic mass is 32.1. The number of benzene rings is 1. The molecule has 0 spiro atoms. The second-order valence-electron chi connectivity index (χ2n) is 4.70. The van der Waals surface area contributed by atoms with Gasteiger partial charge in [0.2, 0.25) is 0 Å². The molecule has 0 atom stereocenters. The average Bonchev–Trinajstić information content (AvgIpc) is 2.74. The summed E-state index contributed by atoms with van der Waals surface area (Å²) in [7, 11) is 0. The minimum Gasteiger partial charge on any atom is -0.319 e. The predicted molar refractivity (Wildman–Crippen MR) is 68.6 cm³/mol. The van der Waals surface area contributed by atoms with E-state index in [1.165, 1.54) is 24.0 Å². The van der Waals surface area contributed by atoms with Gasteiger partial charge in [0.05, 0.1) is 15.8 Å². The van der Waals surface area contributed by atoms with E-state index in [0.717, 1.165) is 23.4 Å². The van der Waals surface area contributed by atoms with Crippen molar-refractivity contribution >= 4 is 21.6 Å². The van der Waals surface area contributed by atoms with Crippen LogP contribution in [0.4, 0.5) is 0 Å². The number of para-hydroxylation sites is 1. The van der Waals surface area contributed by atoms with Crippen LogP contribution in [0.2, 0.25) is 0 Å². The molecule has 1 aromatic heterocycles. The summed E-state index contributed by atoms with van der Waals surface area (Å²) < 4.78 is 1.26. The second kappa shape index (κ2) is 3.82. The van der Waals surface area contributed by atoms with Crippen LogP contribution in [0.25, 0.3) is 10.2 Å². The first kappa shape index (κ1) is 10.2. The van der Waals surface area contributed by atoms with E-state index < -0.39 is 0 Å². The molecule has 0 aliphatic heterocycles. The van der Waals surface area contributed by atoms with E-state index in [0.29, 0.717) is 0 Å². The molecule has 2 aromatic rings. The van der Waals surface area contributed by atoms with Crippen molar-refractivity contribution in [3.05, 3.63) is 29.3 Å². The molecule has 2 N–H and O–H groups in total. The summed E-state index contributed by atoms with van der Waals surface area (Å²) in [5, 5.41) is 1.13. The van der Waals surface area contributed by atoms with Gasteiger partial charge in [-0.1, -0.05) is 31.4 Å². The lowest BCUT2D eigenvalue weighted by Gasteiger charge is -2.31. The average molecular weight is 232 g/mol. The lowest BCUT2D eigenvalue weighted by molar-refractivity contribution is 0.302. The van der Waals surface area contributed by atoms with Crippen LogP contribution in [0, 0.1) is 0 Å². The number of thiazole rings is 1. The zero-order valence-electron chi connectivity index (χ0n) is 9.28. The van der Waals surface area contributed by atoms with Crippen LogP contribution in [0.1, 0.15) is 37.1 Å². The Morgan fingerprint density at radius 3 is 2.62 bits per heavy atom. The van der Waals surface area contributed by atoms with E-state index >= 15 is 0 Å². The first-order chi connectivity index (χ1) is 7.78. The highest BCUT2D eigenvalue weighted by Crippen LogP contribution is 2.38. The Labute approximate surface area is 99.5 Å². The molecule has 2 nitrogen and oxygen atoms in total. The minimum absolute atomic E-state index is 0.151. The van der Waals surface area contributed by atoms with Crippen molar-refractivity contribution in [3.8, 4) is 0 Å². The molecule has 0 radical (unpaired) electrons. The molecule has 1 heterocycles. The lowest BCUT2D eigenvalue weighted by Crippen LogP contribution is -2.38. The third-order valence-corrected chi connectivity index (χ3v) is 4.72.